The van der Waals surface area contributed by atoms with Crippen molar-refractivity contribution in [2.75, 3.05) is 24.8 Å². The summed E-state index contributed by atoms with van der Waals surface area (Å²) in [5.41, 5.74) is -0.137. The number of anilines is 1. The van der Waals surface area contributed by atoms with Crippen molar-refractivity contribution in [1.29, 1.82) is 0 Å². The van der Waals surface area contributed by atoms with Crippen molar-refractivity contribution in [2.24, 2.45) is 5.92 Å². The van der Waals surface area contributed by atoms with E-state index in [9.17, 15) is 14.4 Å². The minimum absolute atomic E-state index is 0.0656. The number of nitrogens with one attached hydrogen (secondary N) is 1. The van der Waals surface area contributed by atoms with Crippen molar-refractivity contribution in [3.8, 4) is 0 Å². The molecule has 1 aliphatic carbocycles. The fourth-order valence-corrected chi connectivity index (χ4v) is 4.43. The van der Waals surface area contributed by atoms with E-state index in [-0.39, 0.29) is 24.2 Å². The molecule has 1 aromatic rings. The summed E-state index contributed by atoms with van der Waals surface area (Å²) >= 11 is 1.61. The number of nitrogens with zero attached hydrogens (tertiary/aromatic N) is 1. The third-order valence-electron chi connectivity index (χ3n) is 5.51. The van der Waals surface area contributed by atoms with Gasteiger partial charge in [0.2, 0.25) is 11.8 Å². The number of amides is 2. The number of carbonyl (C=O) groups is 3. The van der Waals surface area contributed by atoms with Crippen molar-refractivity contribution >= 4 is 35.2 Å². The molecule has 1 N–H and O–H groups in total. The predicted octanol–water partition coefficient (Wildman–Crippen LogP) is 2.75. The van der Waals surface area contributed by atoms with Gasteiger partial charge in [0.1, 0.15) is 5.54 Å². The highest BCUT2D eigenvalue weighted by molar-refractivity contribution is 7.98. The number of methoxy groups -OCH3 is 1. The third kappa shape index (κ3) is 4.13. The first kappa shape index (κ1) is 19.7. The summed E-state index contributed by atoms with van der Waals surface area (Å²) < 4.78 is 4.96. The van der Waals surface area contributed by atoms with Gasteiger partial charge in [-0.15, -0.1) is 11.8 Å². The SMILES string of the molecule is COC(=O)C1(NC(=O)[C@@H]2CC(=O)N(c3cccc(SC)c3)C2)CCCCC1. The quantitative estimate of drug-likeness (QED) is 0.618. The Hall–Kier alpha value is -2.02. The first-order chi connectivity index (χ1) is 13.0. The molecule has 6 nitrogen and oxygen atoms in total. The van der Waals surface area contributed by atoms with Crippen molar-refractivity contribution < 1.29 is 19.1 Å². The molecule has 1 saturated carbocycles. The van der Waals surface area contributed by atoms with E-state index in [2.05, 4.69) is 5.32 Å². The Bertz CT molecular complexity index is 730. The van der Waals surface area contributed by atoms with Crippen LogP contribution in [0.5, 0.6) is 0 Å². The summed E-state index contributed by atoms with van der Waals surface area (Å²) in [5, 5.41) is 2.94. The lowest BCUT2D eigenvalue weighted by Crippen LogP contribution is -2.57. The molecule has 7 heteroatoms. The van der Waals surface area contributed by atoms with Gasteiger partial charge in [0.15, 0.2) is 0 Å². The zero-order valence-electron chi connectivity index (χ0n) is 15.8. The molecular weight excluding hydrogens is 364 g/mol. The number of thioether (sulfide) groups is 1. The van der Waals surface area contributed by atoms with Gasteiger partial charge >= 0.3 is 5.97 Å². The van der Waals surface area contributed by atoms with Crippen molar-refractivity contribution in [2.45, 2.75) is 49.0 Å². The van der Waals surface area contributed by atoms with Crippen LogP contribution in [0.25, 0.3) is 0 Å². The Balaban J connectivity index is 1.72. The van der Waals surface area contributed by atoms with Crippen LogP contribution in [0.2, 0.25) is 0 Å². The van der Waals surface area contributed by atoms with Gasteiger partial charge in [-0.05, 0) is 37.3 Å². The average Bonchev–Trinajstić information content (AvgIpc) is 3.10. The van der Waals surface area contributed by atoms with Gasteiger partial charge in [-0.1, -0.05) is 25.3 Å². The fourth-order valence-electron chi connectivity index (χ4n) is 3.98. The van der Waals surface area contributed by atoms with E-state index in [1.807, 2.05) is 30.5 Å². The molecular formula is C20H26N2O4S. The van der Waals surface area contributed by atoms with Gasteiger partial charge in [-0.2, -0.15) is 0 Å². The summed E-state index contributed by atoms with van der Waals surface area (Å²) in [5.74, 6) is -1.15. The predicted molar refractivity (Wildman–Crippen MR) is 105 cm³/mol. The summed E-state index contributed by atoms with van der Waals surface area (Å²) in [7, 11) is 1.35. The minimum atomic E-state index is -0.945. The molecule has 2 aliphatic rings. The van der Waals surface area contributed by atoms with E-state index in [0.717, 1.165) is 29.8 Å². The average molecular weight is 391 g/mol. The molecule has 0 unspecified atom stereocenters. The van der Waals surface area contributed by atoms with E-state index in [1.165, 1.54) is 7.11 Å². The third-order valence-corrected chi connectivity index (χ3v) is 6.23. The molecule has 2 fully saturated rings. The number of hydrogen-bond acceptors (Lipinski definition) is 5. The number of ether oxygens (including phenoxy) is 1. The van der Waals surface area contributed by atoms with E-state index in [4.69, 9.17) is 4.74 Å². The highest BCUT2D eigenvalue weighted by Crippen LogP contribution is 2.32. The van der Waals surface area contributed by atoms with Gasteiger partial charge in [0, 0.05) is 23.5 Å². The van der Waals surface area contributed by atoms with E-state index < -0.39 is 11.5 Å². The maximum absolute atomic E-state index is 12.9. The first-order valence-electron chi connectivity index (χ1n) is 9.34. The van der Waals surface area contributed by atoms with Crippen LogP contribution in [0.1, 0.15) is 38.5 Å². The van der Waals surface area contributed by atoms with E-state index >= 15 is 0 Å². The lowest BCUT2D eigenvalue weighted by atomic mass is 9.81. The number of carbonyl (C=O) groups excluding carboxylic acids is 3. The molecule has 1 heterocycles. The highest BCUT2D eigenvalue weighted by atomic mass is 32.2. The van der Waals surface area contributed by atoms with Crippen LogP contribution < -0.4 is 10.2 Å². The summed E-state index contributed by atoms with van der Waals surface area (Å²) in [4.78, 5) is 40.5. The van der Waals surface area contributed by atoms with Gasteiger partial charge in [0.05, 0.1) is 13.0 Å². The van der Waals surface area contributed by atoms with Gasteiger partial charge in [-0.3, -0.25) is 9.59 Å². The van der Waals surface area contributed by atoms with Crippen LogP contribution in [-0.4, -0.2) is 43.2 Å². The summed E-state index contributed by atoms with van der Waals surface area (Å²) in [6, 6.07) is 7.74. The normalized spacial score (nSPS) is 21.8. The van der Waals surface area contributed by atoms with E-state index in [1.54, 1.807) is 16.7 Å². The van der Waals surface area contributed by atoms with Crippen LogP contribution in [0.15, 0.2) is 29.2 Å². The summed E-state index contributed by atoms with van der Waals surface area (Å²) in [6.07, 6.45) is 6.14. The number of rotatable bonds is 5. The van der Waals surface area contributed by atoms with Crippen molar-refractivity contribution in [1.82, 2.24) is 5.32 Å². The van der Waals surface area contributed by atoms with Gasteiger partial charge in [-0.25, -0.2) is 4.79 Å². The molecule has 1 atom stereocenters. The van der Waals surface area contributed by atoms with Gasteiger partial charge in [0.25, 0.3) is 0 Å². The first-order valence-corrected chi connectivity index (χ1v) is 10.6. The van der Waals surface area contributed by atoms with Crippen LogP contribution in [0.3, 0.4) is 0 Å². The topological polar surface area (TPSA) is 75.7 Å². The second kappa shape index (κ2) is 8.33. The maximum atomic E-state index is 12.9. The molecule has 1 aromatic carbocycles. The zero-order valence-corrected chi connectivity index (χ0v) is 16.6. The van der Waals surface area contributed by atoms with Crippen LogP contribution in [0, 0.1) is 5.92 Å². The van der Waals surface area contributed by atoms with Crippen LogP contribution in [0.4, 0.5) is 5.69 Å². The van der Waals surface area contributed by atoms with Crippen LogP contribution >= 0.6 is 11.8 Å². The number of hydrogen-bond donors (Lipinski definition) is 1. The monoisotopic (exact) mass is 390 g/mol. The Kier molecular flexibility index (Phi) is 6.09. The molecule has 0 radical (unpaired) electrons. The lowest BCUT2D eigenvalue weighted by Gasteiger charge is -2.35. The molecule has 27 heavy (non-hydrogen) atoms. The Morgan fingerprint density at radius 1 is 1.26 bits per heavy atom. The molecule has 0 spiro atoms. The molecule has 0 bridgehead atoms. The number of esters is 1. The maximum Gasteiger partial charge on any atom is 0.331 e. The molecule has 146 valence electrons. The zero-order chi connectivity index (χ0) is 19.4. The van der Waals surface area contributed by atoms with Gasteiger partial charge < -0.3 is 15.0 Å². The lowest BCUT2D eigenvalue weighted by molar-refractivity contribution is -0.153. The Morgan fingerprint density at radius 2 is 2.00 bits per heavy atom. The second-order valence-corrected chi connectivity index (χ2v) is 8.11. The van der Waals surface area contributed by atoms with E-state index in [0.29, 0.717) is 19.4 Å². The molecule has 2 amide bonds. The Labute approximate surface area is 164 Å². The van der Waals surface area contributed by atoms with Crippen LogP contribution in [-0.2, 0) is 19.1 Å². The highest BCUT2D eigenvalue weighted by Gasteiger charge is 2.45. The number of benzene rings is 1. The minimum Gasteiger partial charge on any atom is -0.467 e. The van der Waals surface area contributed by atoms with Crippen molar-refractivity contribution in [3.63, 3.8) is 0 Å². The standard InChI is InChI=1S/C20H26N2O4S/c1-26-19(25)20(9-4-3-5-10-20)21-18(24)14-11-17(23)22(13-14)15-7-6-8-16(12-15)27-2/h6-8,12,14H,3-5,9-11,13H2,1-2H3,(H,21,24)/t14-/m1/s1. The Morgan fingerprint density at radius 3 is 2.67 bits per heavy atom. The smallest absolute Gasteiger partial charge is 0.331 e. The molecule has 1 aliphatic heterocycles. The largest absolute Gasteiger partial charge is 0.467 e. The molecule has 0 aromatic heterocycles. The fraction of sp³-hybridized carbons (Fsp3) is 0.550. The second-order valence-electron chi connectivity index (χ2n) is 7.23. The summed E-state index contributed by atoms with van der Waals surface area (Å²) in [6.45, 7) is 0.333. The molecule has 3 rings (SSSR count). The molecule has 1 saturated heterocycles. The van der Waals surface area contributed by atoms with Crippen molar-refractivity contribution in [3.05, 3.63) is 24.3 Å².